The number of benzene rings is 1. The van der Waals surface area contributed by atoms with Crippen LogP contribution in [0.4, 0.5) is 11.6 Å². The number of nitrogens with zero attached hydrogens (tertiary/aromatic N) is 4. The summed E-state index contributed by atoms with van der Waals surface area (Å²) in [5, 5.41) is 11.0. The molecule has 7 heteroatoms. The molecule has 2 rings (SSSR count). The first-order chi connectivity index (χ1) is 9.28. The summed E-state index contributed by atoms with van der Waals surface area (Å²) < 4.78 is 5.42. The highest BCUT2D eigenvalue weighted by Gasteiger charge is 2.02. The molecule has 0 aliphatic rings. The first-order valence-corrected chi connectivity index (χ1v) is 5.32. The largest absolute Gasteiger partial charge is 0.425 e. The van der Waals surface area contributed by atoms with Crippen molar-refractivity contribution in [1.29, 1.82) is 5.26 Å². The van der Waals surface area contributed by atoms with Crippen LogP contribution >= 0.6 is 0 Å². The van der Waals surface area contributed by atoms with Gasteiger partial charge in [-0.25, -0.2) is 15.3 Å². The third kappa shape index (κ3) is 3.67. The molecule has 1 aromatic heterocycles. The molecule has 0 aliphatic heterocycles. The monoisotopic (exact) mass is 254 g/mol. The Bertz CT molecular complexity index is 602. The summed E-state index contributed by atoms with van der Waals surface area (Å²) in [6.45, 7) is 0. The van der Waals surface area contributed by atoms with Gasteiger partial charge in [-0.3, -0.25) is 0 Å². The van der Waals surface area contributed by atoms with E-state index in [2.05, 4.69) is 20.3 Å². The maximum atomic E-state index is 8.66. The molecule has 0 saturated carbocycles. The van der Waals surface area contributed by atoms with Gasteiger partial charge in [0.05, 0.1) is 12.4 Å². The minimum absolute atomic E-state index is 0.0297. The van der Waals surface area contributed by atoms with Gasteiger partial charge in [-0.05, 0) is 12.1 Å². The highest BCUT2D eigenvalue weighted by atomic mass is 16.5. The van der Waals surface area contributed by atoms with Gasteiger partial charge in [-0.2, -0.15) is 10.3 Å². The Labute approximate surface area is 109 Å². The fraction of sp³-hybridized carbons (Fsp3) is 0. The Morgan fingerprint density at radius 3 is 2.58 bits per heavy atom. The van der Waals surface area contributed by atoms with Gasteiger partial charge < -0.3 is 10.5 Å². The van der Waals surface area contributed by atoms with Crippen molar-refractivity contribution in [3.63, 3.8) is 0 Å². The maximum absolute atomic E-state index is 8.66. The van der Waals surface area contributed by atoms with E-state index in [1.54, 1.807) is 18.3 Å². The summed E-state index contributed by atoms with van der Waals surface area (Å²) in [7, 11) is 0. The molecule has 3 N–H and O–H groups in total. The van der Waals surface area contributed by atoms with Gasteiger partial charge in [0, 0.05) is 0 Å². The van der Waals surface area contributed by atoms with Crippen molar-refractivity contribution in [3.8, 4) is 11.9 Å². The molecule has 94 valence electrons. The molecule has 0 fully saturated rings. The molecule has 0 bridgehead atoms. The van der Waals surface area contributed by atoms with E-state index in [9.17, 15) is 0 Å². The van der Waals surface area contributed by atoms with E-state index in [1.807, 2.05) is 18.2 Å². The SMILES string of the molecule is N#CNC(=Nc1cnc(N)nc1)Oc1ccccc1. The lowest BCUT2D eigenvalue weighted by Crippen LogP contribution is -2.24. The fourth-order valence-electron chi connectivity index (χ4n) is 1.23. The molecule has 1 heterocycles. The van der Waals surface area contributed by atoms with Crippen molar-refractivity contribution in [1.82, 2.24) is 15.3 Å². The number of nitrogen functional groups attached to an aromatic ring is 1. The molecule has 0 saturated heterocycles. The quantitative estimate of drug-likeness (QED) is 0.360. The summed E-state index contributed by atoms with van der Waals surface area (Å²) in [5.41, 5.74) is 5.79. The van der Waals surface area contributed by atoms with Crippen LogP contribution < -0.4 is 15.8 Å². The van der Waals surface area contributed by atoms with Crippen LogP contribution in [0.25, 0.3) is 0 Å². The molecule has 0 aliphatic carbocycles. The van der Waals surface area contributed by atoms with Crippen LogP contribution in [0.3, 0.4) is 0 Å². The smallest absolute Gasteiger partial charge is 0.309 e. The second kappa shape index (κ2) is 5.97. The number of aromatic nitrogens is 2. The van der Waals surface area contributed by atoms with Gasteiger partial charge in [0.15, 0.2) is 6.19 Å². The molecule has 1 aromatic carbocycles. The molecule has 0 amide bonds. The van der Waals surface area contributed by atoms with Crippen LogP contribution in [-0.2, 0) is 0 Å². The van der Waals surface area contributed by atoms with Gasteiger partial charge in [0.25, 0.3) is 0 Å². The standard InChI is InChI=1S/C12H10N6O/c13-8-17-12(19-10-4-2-1-3-5-10)18-9-6-15-11(14)16-7-9/h1-7H,(H,17,18)(H2,14,15,16). The number of hydrogen-bond donors (Lipinski definition) is 2. The Kier molecular flexibility index (Phi) is 3.87. The van der Waals surface area contributed by atoms with E-state index in [1.165, 1.54) is 12.4 Å². The predicted octanol–water partition coefficient (Wildman–Crippen LogP) is 1.20. The number of nitriles is 1. The number of nitrogens with one attached hydrogen (secondary N) is 1. The number of para-hydroxylation sites is 1. The predicted molar refractivity (Wildman–Crippen MR) is 69.4 cm³/mol. The van der Waals surface area contributed by atoms with Gasteiger partial charge >= 0.3 is 6.02 Å². The first kappa shape index (κ1) is 12.3. The van der Waals surface area contributed by atoms with Crippen LogP contribution in [0.1, 0.15) is 0 Å². The van der Waals surface area contributed by atoms with Gasteiger partial charge in [-0.15, -0.1) is 0 Å². The lowest BCUT2D eigenvalue weighted by Gasteiger charge is -2.06. The van der Waals surface area contributed by atoms with Crippen molar-refractivity contribution in [2.45, 2.75) is 0 Å². The summed E-state index contributed by atoms with van der Waals surface area (Å²) >= 11 is 0. The van der Waals surface area contributed by atoms with Crippen LogP contribution in [0.2, 0.25) is 0 Å². The van der Waals surface area contributed by atoms with Crippen molar-refractivity contribution in [2.75, 3.05) is 5.73 Å². The maximum Gasteiger partial charge on any atom is 0.309 e. The third-order valence-electron chi connectivity index (χ3n) is 2.01. The molecule has 7 nitrogen and oxygen atoms in total. The second-order valence-electron chi connectivity index (χ2n) is 3.37. The number of ether oxygens (including phenoxy) is 1. The molecular formula is C12H10N6O. The lowest BCUT2D eigenvalue weighted by atomic mass is 10.3. The zero-order valence-electron chi connectivity index (χ0n) is 9.82. The number of rotatable bonds is 2. The second-order valence-corrected chi connectivity index (χ2v) is 3.37. The van der Waals surface area contributed by atoms with Crippen molar-refractivity contribution < 1.29 is 4.74 Å². The van der Waals surface area contributed by atoms with E-state index in [0.29, 0.717) is 11.4 Å². The third-order valence-corrected chi connectivity index (χ3v) is 2.01. The molecule has 2 aromatic rings. The highest BCUT2D eigenvalue weighted by Crippen LogP contribution is 2.12. The summed E-state index contributed by atoms with van der Waals surface area (Å²) in [5.74, 6) is 0.707. The number of aliphatic imine (C=N–C) groups is 1. The Hall–Kier alpha value is -3.14. The van der Waals surface area contributed by atoms with E-state index in [0.717, 1.165) is 0 Å². The van der Waals surface area contributed by atoms with Crippen molar-refractivity contribution >= 4 is 17.7 Å². The van der Waals surface area contributed by atoms with Gasteiger partial charge in [0.2, 0.25) is 5.95 Å². The Balaban J connectivity index is 2.20. The number of anilines is 1. The molecule has 0 radical (unpaired) electrons. The van der Waals surface area contributed by atoms with Crippen LogP contribution in [0.5, 0.6) is 5.75 Å². The normalized spacial score (nSPS) is 10.6. The summed E-state index contributed by atoms with van der Waals surface area (Å²) in [6.07, 6.45) is 4.60. The van der Waals surface area contributed by atoms with E-state index < -0.39 is 0 Å². The van der Waals surface area contributed by atoms with E-state index in [4.69, 9.17) is 15.7 Å². The number of nitrogens with two attached hydrogens (primary N) is 1. The van der Waals surface area contributed by atoms with Crippen LogP contribution in [-0.4, -0.2) is 16.0 Å². The molecule has 19 heavy (non-hydrogen) atoms. The van der Waals surface area contributed by atoms with Gasteiger partial charge in [0.1, 0.15) is 11.4 Å². The number of amidine groups is 1. The zero-order valence-corrected chi connectivity index (χ0v) is 9.82. The molecular weight excluding hydrogens is 244 g/mol. The van der Waals surface area contributed by atoms with Gasteiger partial charge in [-0.1, -0.05) is 18.2 Å². The topological polar surface area (TPSA) is 109 Å². The first-order valence-electron chi connectivity index (χ1n) is 5.32. The van der Waals surface area contributed by atoms with Crippen LogP contribution in [0, 0.1) is 11.5 Å². The minimum Gasteiger partial charge on any atom is -0.425 e. The average Bonchev–Trinajstić information content (AvgIpc) is 2.43. The molecule has 0 spiro atoms. The minimum atomic E-state index is 0.0297. The van der Waals surface area contributed by atoms with Crippen molar-refractivity contribution in [3.05, 3.63) is 42.7 Å². The summed E-state index contributed by atoms with van der Waals surface area (Å²) in [4.78, 5) is 11.7. The van der Waals surface area contributed by atoms with E-state index >= 15 is 0 Å². The lowest BCUT2D eigenvalue weighted by molar-refractivity contribution is 0.531. The van der Waals surface area contributed by atoms with Crippen molar-refractivity contribution in [2.24, 2.45) is 4.99 Å². The Morgan fingerprint density at radius 1 is 1.26 bits per heavy atom. The van der Waals surface area contributed by atoms with Crippen LogP contribution in [0.15, 0.2) is 47.7 Å². The molecule has 0 atom stereocenters. The zero-order chi connectivity index (χ0) is 13.5. The van der Waals surface area contributed by atoms with E-state index in [-0.39, 0.29) is 12.0 Å². The number of hydrogen-bond acceptors (Lipinski definition) is 6. The summed E-state index contributed by atoms with van der Waals surface area (Å²) in [6, 6.07) is 9.00. The molecule has 0 unspecified atom stereocenters. The highest BCUT2D eigenvalue weighted by molar-refractivity contribution is 5.80. The average molecular weight is 254 g/mol. The Morgan fingerprint density at radius 2 is 1.95 bits per heavy atom. The fourth-order valence-corrected chi connectivity index (χ4v) is 1.23.